The van der Waals surface area contributed by atoms with Gasteiger partial charge in [0.05, 0.1) is 5.88 Å². The third-order valence-electron chi connectivity index (χ3n) is 3.67. The standard InChI is InChI=1S/C13H21ClN2O2S2/c1-10-7-13(19-12(10)8-14)20(17,18)16-6-4-5-15(3)9-11(16)2/h7,11H,4-6,8-9H2,1-3H3. The lowest BCUT2D eigenvalue weighted by molar-refractivity contribution is 0.291. The summed E-state index contributed by atoms with van der Waals surface area (Å²) in [4.78, 5) is 3.12. The van der Waals surface area contributed by atoms with Crippen molar-refractivity contribution in [2.24, 2.45) is 0 Å². The molecule has 0 N–H and O–H groups in total. The van der Waals surface area contributed by atoms with Crippen LogP contribution in [0.25, 0.3) is 0 Å². The summed E-state index contributed by atoms with van der Waals surface area (Å²) in [6.07, 6.45) is 0.868. The smallest absolute Gasteiger partial charge is 0.252 e. The lowest BCUT2D eigenvalue weighted by Crippen LogP contribution is -2.41. The van der Waals surface area contributed by atoms with Crippen molar-refractivity contribution in [2.45, 2.75) is 36.4 Å². The van der Waals surface area contributed by atoms with Crippen LogP contribution in [0.5, 0.6) is 0 Å². The summed E-state index contributed by atoms with van der Waals surface area (Å²) in [5.41, 5.74) is 0.961. The molecule has 1 aliphatic heterocycles. The van der Waals surface area contributed by atoms with Gasteiger partial charge in [0.25, 0.3) is 10.0 Å². The van der Waals surface area contributed by atoms with Gasteiger partial charge in [-0.25, -0.2) is 8.42 Å². The number of likely N-dealkylation sites (N-methyl/N-ethyl adjacent to an activating group) is 1. The Labute approximate surface area is 130 Å². The van der Waals surface area contributed by atoms with Crippen LogP contribution in [0.15, 0.2) is 10.3 Å². The first-order valence-electron chi connectivity index (χ1n) is 6.72. The van der Waals surface area contributed by atoms with E-state index >= 15 is 0 Å². The molecule has 4 nitrogen and oxygen atoms in total. The summed E-state index contributed by atoms with van der Waals surface area (Å²) in [7, 11) is -1.37. The Morgan fingerprint density at radius 3 is 2.75 bits per heavy atom. The molecule has 2 heterocycles. The molecule has 0 aromatic carbocycles. The first-order chi connectivity index (χ1) is 9.36. The molecule has 114 valence electrons. The zero-order valence-electron chi connectivity index (χ0n) is 12.1. The van der Waals surface area contributed by atoms with E-state index in [-0.39, 0.29) is 6.04 Å². The Balaban J connectivity index is 2.33. The SMILES string of the molecule is Cc1cc(S(=O)(=O)N2CCCN(C)CC2C)sc1CCl. The van der Waals surface area contributed by atoms with Gasteiger partial charge in [-0.15, -0.1) is 22.9 Å². The van der Waals surface area contributed by atoms with E-state index in [1.54, 1.807) is 10.4 Å². The van der Waals surface area contributed by atoms with Gasteiger partial charge < -0.3 is 4.90 Å². The van der Waals surface area contributed by atoms with Crippen molar-refractivity contribution >= 4 is 33.0 Å². The molecule has 20 heavy (non-hydrogen) atoms. The summed E-state index contributed by atoms with van der Waals surface area (Å²) in [5, 5.41) is 0. The molecular formula is C13H21ClN2O2S2. The Hall–Kier alpha value is -0.140. The highest BCUT2D eigenvalue weighted by Gasteiger charge is 2.32. The molecule has 1 unspecified atom stereocenters. The quantitative estimate of drug-likeness (QED) is 0.796. The minimum Gasteiger partial charge on any atom is -0.305 e. The Kier molecular flexibility index (Phi) is 5.13. The van der Waals surface area contributed by atoms with Crippen LogP contribution in [0.2, 0.25) is 0 Å². The van der Waals surface area contributed by atoms with E-state index < -0.39 is 10.0 Å². The predicted molar refractivity (Wildman–Crippen MR) is 84.1 cm³/mol. The normalized spacial score (nSPS) is 22.9. The minimum atomic E-state index is -3.40. The maximum atomic E-state index is 12.8. The fraction of sp³-hybridized carbons (Fsp3) is 0.692. The molecule has 1 aliphatic rings. The fourth-order valence-electron chi connectivity index (χ4n) is 2.57. The van der Waals surface area contributed by atoms with Gasteiger partial charge in [0.1, 0.15) is 4.21 Å². The van der Waals surface area contributed by atoms with Crippen LogP contribution in [0, 0.1) is 6.92 Å². The number of sulfonamides is 1. The van der Waals surface area contributed by atoms with Crippen molar-refractivity contribution in [1.29, 1.82) is 0 Å². The van der Waals surface area contributed by atoms with Crippen LogP contribution >= 0.6 is 22.9 Å². The van der Waals surface area contributed by atoms with E-state index in [9.17, 15) is 8.42 Å². The van der Waals surface area contributed by atoms with Crippen molar-refractivity contribution in [3.05, 3.63) is 16.5 Å². The predicted octanol–water partition coefficient (Wildman–Crippen LogP) is 2.51. The number of hydrogen-bond acceptors (Lipinski definition) is 4. The van der Waals surface area contributed by atoms with E-state index in [4.69, 9.17) is 11.6 Å². The average Bonchev–Trinajstić information content (AvgIpc) is 2.66. The molecule has 0 spiro atoms. The minimum absolute atomic E-state index is 0.00522. The van der Waals surface area contributed by atoms with E-state index in [2.05, 4.69) is 4.90 Å². The molecule has 1 fully saturated rings. The lowest BCUT2D eigenvalue weighted by Gasteiger charge is -2.26. The topological polar surface area (TPSA) is 40.6 Å². The maximum Gasteiger partial charge on any atom is 0.252 e. The van der Waals surface area contributed by atoms with Gasteiger partial charge in [-0.1, -0.05) is 0 Å². The number of aryl methyl sites for hydroxylation is 1. The average molecular weight is 337 g/mol. The molecule has 1 saturated heterocycles. The molecule has 0 radical (unpaired) electrons. The van der Waals surface area contributed by atoms with Crippen molar-refractivity contribution in [1.82, 2.24) is 9.21 Å². The van der Waals surface area contributed by atoms with Gasteiger partial charge >= 0.3 is 0 Å². The number of halogens is 1. The van der Waals surface area contributed by atoms with Gasteiger partial charge in [-0.05, 0) is 45.5 Å². The van der Waals surface area contributed by atoms with Crippen LogP contribution in [0.4, 0.5) is 0 Å². The third-order valence-corrected chi connectivity index (χ3v) is 7.79. The Morgan fingerprint density at radius 2 is 2.15 bits per heavy atom. The first kappa shape index (κ1) is 16.2. The summed E-state index contributed by atoms with van der Waals surface area (Å²) in [6, 6.07) is 1.74. The second-order valence-electron chi connectivity index (χ2n) is 5.39. The molecule has 1 aromatic rings. The number of nitrogens with zero attached hydrogens (tertiary/aromatic N) is 2. The molecule has 2 rings (SSSR count). The largest absolute Gasteiger partial charge is 0.305 e. The number of rotatable bonds is 3. The van der Waals surface area contributed by atoms with Crippen molar-refractivity contribution < 1.29 is 8.42 Å². The molecule has 1 aromatic heterocycles. The van der Waals surface area contributed by atoms with Gasteiger partial charge in [0.2, 0.25) is 0 Å². The number of thiophene rings is 1. The monoisotopic (exact) mass is 336 g/mol. The van der Waals surface area contributed by atoms with E-state index in [0.717, 1.165) is 30.0 Å². The summed E-state index contributed by atoms with van der Waals surface area (Å²) in [6.45, 7) is 6.18. The second kappa shape index (κ2) is 6.32. The summed E-state index contributed by atoms with van der Waals surface area (Å²) < 4.78 is 27.7. The zero-order valence-corrected chi connectivity index (χ0v) is 14.5. The lowest BCUT2D eigenvalue weighted by atomic mass is 10.3. The molecule has 1 atom stereocenters. The highest BCUT2D eigenvalue weighted by Crippen LogP contribution is 2.31. The van der Waals surface area contributed by atoms with Crippen molar-refractivity contribution in [3.8, 4) is 0 Å². The van der Waals surface area contributed by atoms with Crippen LogP contribution in [0.1, 0.15) is 23.8 Å². The van der Waals surface area contributed by atoms with Gasteiger partial charge in [0.15, 0.2) is 0 Å². The highest BCUT2D eigenvalue weighted by molar-refractivity contribution is 7.91. The first-order valence-corrected chi connectivity index (χ1v) is 9.51. The van der Waals surface area contributed by atoms with Crippen molar-refractivity contribution in [2.75, 3.05) is 26.7 Å². The fourth-order valence-corrected chi connectivity index (χ4v) is 6.18. The van der Waals surface area contributed by atoms with E-state index in [1.807, 2.05) is 20.9 Å². The third kappa shape index (κ3) is 3.20. The highest BCUT2D eigenvalue weighted by atomic mass is 35.5. The van der Waals surface area contributed by atoms with Crippen LogP contribution in [-0.4, -0.2) is 50.3 Å². The molecule has 0 aliphatic carbocycles. The van der Waals surface area contributed by atoms with Crippen molar-refractivity contribution in [3.63, 3.8) is 0 Å². The van der Waals surface area contributed by atoms with Gasteiger partial charge in [0, 0.05) is 24.0 Å². The van der Waals surface area contributed by atoms with Crippen LogP contribution < -0.4 is 0 Å². The van der Waals surface area contributed by atoms with Gasteiger partial charge in [-0.2, -0.15) is 4.31 Å². The summed E-state index contributed by atoms with van der Waals surface area (Å²) >= 11 is 7.15. The van der Waals surface area contributed by atoms with E-state index in [0.29, 0.717) is 16.6 Å². The number of hydrogen-bond donors (Lipinski definition) is 0. The molecule has 0 saturated carbocycles. The summed E-state index contributed by atoms with van der Waals surface area (Å²) in [5.74, 6) is 0.365. The number of alkyl halides is 1. The maximum absolute atomic E-state index is 12.8. The Bertz CT molecular complexity index is 571. The van der Waals surface area contributed by atoms with E-state index in [1.165, 1.54) is 11.3 Å². The van der Waals surface area contributed by atoms with Crippen LogP contribution in [-0.2, 0) is 15.9 Å². The zero-order chi connectivity index (χ0) is 14.9. The molecule has 0 amide bonds. The molecular weight excluding hydrogens is 316 g/mol. The molecule has 7 heteroatoms. The van der Waals surface area contributed by atoms with Gasteiger partial charge in [-0.3, -0.25) is 0 Å². The molecule has 0 bridgehead atoms. The Morgan fingerprint density at radius 1 is 1.45 bits per heavy atom. The second-order valence-corrected chi connectivity index (χ2v) is 8.91. The van der Waals surface area contributed by atoms with Crippen LogP contribution in [0.3, 0.4) is 0 Å².